The number of nitrogens with one attached hydrogen (secondary N) is 2. The average Bonchev–Trinajstić information content (AvgIpc) is 3.23. The fraction of sp³-hybridized carbons (Fsp3) is 0.217. The largest absolute Gasteiger partial charge is 0.417 e. The maximum absolute atomic E-state index is 13.1. The second kappa shape index (κ2) is 9.68. The monoisotopic (exact) mass is 454 g/mol. The van der Waals surface area contributed by atoms with Crippen LogP contribution in [-0.4, -0.2) is 38.7 Å². The fourth-order valence-corrected chi connectivity index (χ4v) is 3.47. The standard InChI is InChI=1S/C23H21F3N6O/c24-23(25,26)19-9-5-4-8-17(19)22(33)28-12-13-32-21-18(14-31-32)20(29-15-30-21)27-11-10-16-6-2-1-3-7-16/h1-9,14-15H,10-13H2,(H,28,33)(H,27,29,30). The van der Waals surface area contributed by atoms with Crippen LogP contribution in [0.1, 0.15) is 21.5 Å². The summed E-state index contributed by atoms with van der Waals surface area (Å²) in [5.74, 6) is -0.150. The highest BCUT2D eigenvalue weighted by Crippen LogP contribution is 2.31. The zero-order valence-electron chi connectivity index (χ0n) is 17.5. The van der Waals surface area contributed by atoms with Crippen LogP contribution in [0.15, 0.2) is 67.1 Å². The molecule has 0 fully saturated rings. The van der Waals surface area contributed by atoms with Crippen molar-refractivity contribution in [1.29, 1.82) is 0 Å². The van der Waals surface area contributed by atoms with Crippen molar-refractivity contribution in [1.82, 2.24) is 25.1 Å². The molecular formula is C23H21F3N6O. The lowest BCUT2D eigenvalue weighted by Crippen LogP contribution is -2.29. The molecule has 2 aromatic heterocycles. The first-order valence-electron chi connectivity index (χ1n) is 10.3. The van der Waals surface area contributed by atoms with Gasteiger partial charge < -0.3 is 10.6 Å². The van der Waals surface area contributed by atoms with Crippen LogP contribution in [-0.2, 0) is 19.1 Å². The Bertz CT molecular complexity index is 1240. The van der Waals surface area contributed by atoms with Gasteiger partial charge in [0.25, 0.3) is 5.91 Å². The van der Waals surface area contributed by atoms with Crippen molar-refractivity contribution in [3.8, 4) is 0 Å². The van der Waals surface area contributed by atoms with Gasteiger partial charge in [-0.05, 0) is 24.1 Å². The van der Waals surface area contributed by atoms with Crippen molar-refractivity contribution in [2.45, 2.75) is 19.1 Å². The number of amides is 1. The number of aromatic nitrogens is 4. The van der Waals surface area contributed by atoms with Gasteiger partial charge in [-0.15, -0.1) is 0 Å². The highest BCUT2D eigenvalue weighted by molar-refractivity contribution is 5.95. The second-order valence-electron chi connectivity index (χ2n) is 7.29. The number of carbonyl (C=O) groups is 1. The molecule has 10 heteroatoms. The highest BCUT2D eigenvalue weighted by atomic mass is 19.4. The van der Waals surface area contributed by atoms with Crippen LogP contribution >= 0.6 is 0 Å². The van der Waals surface area contributed by atoms with E-state index in [1.807, 2.05) is 18.2 Å². The summed E-state index contributed by atoms with van der Waals surface area (Å²) in [7, 11) is 0. The van der Waals surface area contributed by atoms with Crippen molar-refractivity contribution < 1.29 is 18.0 Å². The number of halogens is 3. The first-order chi connectivity index (χ1) is 15.9. The van der Waals surface area contributed by atoms with Gasteiger partial charge in [-0.2, -0.15) is 18.3 Å². The van der Waals surface area contributed by atoms with Crippen LogP contribution in [0.2, 0.25) is 0 Å². The molecule has 0 aliphatic heterocycles. The van der Waals surface area contributed by atoms with E-state index in [9.17, 15) is 18.0 Å². The van der Waals surface area contributed by atoms with E-state index in [0.29, 0.717) is 18.0 Å². The van der Waals surface area contributed by atoms with Crippen LogP contribution in [0.5, 0.6) is 0 Å². The molecule has 0 aliphatic carbocycles. The molecule has 0 atom stereocenters. The molecule has 2 heterocycles. The van der Waals surface area contributed by atoms with Crippen molar-refractivity contribution in [2.75, 3.05) is 18.4 Å². The van der Waals surface area contributed by atoms with Crippen molar-refractivity contribution in [3.05, 3.63) is 83.8 Å². The Morgan fingerprint density at radius 2 is 1.73 bits per heavy atom. The molecule has 0 unspecified atom stereocenters. The number of alkyl halides is 3. The van der Waals surface area contributed by atoms with Gasteiger partial charge in [0.15, 0.2) is 5.65 Å². The zero-order chi connectivity index (χ0) is 23.3. The maximum Gasteiger partial charge on any atom is 0.417 e. The first-order valence-corrected chi connectivity index (χ1v) is 10.3. The molecule has 0 bridgehead atoms. The first kappa shape index (κ1) is 22.3. The molecule has 33 heavy (non-hydrogen) atoms. The number of anilines is 1. The third-order valence-electron chi connectivity index (χ3n) is 5.07. The Morgan fingerprint density at radius 1 is 0.970 bits per heavy atom. The van der Waals surface area contributed by atoms with Gasteiger partial charge in [-0.1, -0.05) is 42.5 Å². The van der Waals surface area contributed by atoms with Crippen molar-refractivity contribution >= 4 is 22.8 Å². The smallest absolute Gasteiger partial charge is 0.369 e. The van der Waals surface area contributed by atoms with Gasteiger partial charge in [0.2, 0.25) is 0 Å². The number of nitrogens with zero attached hydrogens (tertiary/aromatic N) is 4. The summed E-state index contributed by atoms with van der Waals surface area (Å²) in [6, 6.07) is 14.7. The SMILES string of the molecule is O=C(NCCn1ncc2c(NCCc3ccccc3)ncnc21)c1ccccc1C(F)(F)F. The lowest BCUT2D eigenvalue weighted by Gasteiger charge is -2.12. The lowest BCUT2D eigenvalue weighted by atomic mass is 10.1. The van der Waals surface area contributed by atoms with Crippen LogP contribution in [0.4, 0.5) is 19.0 Å². The van der Waals surface area contributed by atoms with E-state index in [2.05, 4.69) is 37.8 Å². The molecule has 7 nitrogen and oxygen atoms in total. The molecule has 1 amide bonds. The Balaban J connectivity index is 1.38. The molecule has 0 saturated carbocycles. The summed E-state index contributed by atoms with van der Waals surface area (Å²) >= 11 is 0. The van der Waals surface area contributed by atoms with Gasteiger partial charge in [-0.3, -0.25) is 4.79 Å². The van der Waals surface area contributed by atoms with Crippen LogP contribution in [0.25, 0.3) is 11.0 Å². The molecule has 0 saturated heterocycles. The summed E-state index contributed by atoms with van der Waals surface area (Å²) in [4.78, 5) is 20.9. The van der Waals surface area contributed by atoms with Gasteiger partial charge in [0.1, 0.15) is 12.1 Å². The highest BCUT2D eigenvalue weighted by Gasteiger charge is 2.34. The predicted molar refractivity (Wildman–Crippen MR) is 118 cm³/mol. The molecular weight excluding hydrogens is 433 g/mol. The predicted octanol–water partition coefficient (Wildman–Crippen LogP) is 3.93. The number of hydrogen-bond acceptors (Lipinski definition) is 5. The second-order valence-corrected chi connectivity index (χ2v) is 7.29. The van der Waals surface area contributed by atoms with Crippen LogP contribution in [0.3, 0.4) is 0 Å². The third kappa shape index (κ3) is 5.28. The number of hydrogen-bond donors (Lipinski definition) is 2. The molecule has 0 aliphatic rings. The Hall–Kier alpha value is -3.95. The summed E-state index contributed by atoms with van der Waals surface area (Å²) < 4.78 is 41.0. The average molecular weight is 454 g/mol. The molecule has 0 spiro atoms. The molecule has 4 aromatic rings. The number of carbonyl (C=O) groups excluding carboxylic acids is 1. The molecule has 2 N–H and O–H groups in total. The fourth-order valence-electron chi connectivity index (χ4n) is 3.47. The van der Waals surface area contributed by atoms with E-state index >= 15 is 0 Å². The summed E-state index contributed by atoms with van der Waals surface area (Å²) in [5.41, 5.74) is 0.388. The minimum absolute atomic E-state index is 0.0859. The van der Waals surface area contributed by atoms with Gasteiger partial charge in [0, 0.05) is 13.1 Å². The van der Waals surface area contributed by atoms with Gasteiger partial charge >= 0.3 is 6.18 Å². The normalized spacial score (nSPS) is 11.5. The summed E-state index contributed by atoms with van der Waals surface area (Å²) in [6.45, 7) is 1.00. The number of fused-ring (bicyclic) bond motifs is 1. The number of benzene rings is 2. The van der Waals surface area contributed by atoms with Gasteiger partial charge in [-0.25, -0.2) is 14.6 Å². The van der Waals surface area contributed by atoms with Crippen molar-refractivity contribution in [2.24, 2.45) is 0 Å². The Kier molecular flexibility index (Phi) is 6.53. The van der Waals surface area contributed by atoms with Crippen LogP contribution in [0, 0.1) is 0 Å². The van der Waals surface area contributed by atoms with E-state index in [-0.39, 0.29) is 13.1 Å². The minimum Gasteiger partial charge on any atom is -0.369 e. The van der Waals surface area contributed by atoms with E-state index in [1.165, 1.54) is 24.0 Å². The van der Waals surface area contributed by atoms with Crippen molar-refractivity contribution in [3.63, 3.8) is 0 Å². The Labute approximate surface area is 187 Å². The van der Waals surface area contributed by atoms with E-state index in [0.717, 1.165) is 23.9 Å². The topological polar surface area (TPSA) is 84.7 Å². The quantitative estimate of drug-likeness (QED) is 0.422. The molecule has 2 aromatic carbocycles. The Morgan fingerprint density at radius 3 is 2.52 bits per heavy atom. The number of rotatable bonds is 8. The maximum atomic E-state index is 13.1. The van der Waals surface area contributed by atoms with E-state index in [4.69, 9.17) is 0 Å². The zero-order valence-corrected chi connectivity index (χ0v) is 17.5. The molecule has 170 valence electrons. The molecule has 4 rings (SSSR count). The van der Waals surface area contributed by atoms with E-state index in [1.54, 1.807) is 10.9 Å². The van der Waals surface area contributed by atoms with Crippen LogP contribution < -0.4 is 10.6 Å². The summed E-state index contributed by atoms with van der Waals surface area (Å²) in [5, 5.41) is 10.8. The minimum atomic E-state index is -4.60. The molecule has 0 radical (unpaired) electrons. The lowest BCUT2D eigenvalue weighted by molar-refractivity contribution is -0.137. The summed E-state index contributed by atoms with van der Waals surface area (Å²) in [6.07, 6.45) is -0.733. The van der Waals surface area contributed by atoms with E-state index < -0.39 is 23.2 Å². The third-order valence-corrected chi connectivity index (χ3v) is 5.07. The van der Waals surface area contributed by atoms with Gasteiger partial charge in [0.05, 0.1) is 29.3 Å².